The smallest absolute Gasteiger partial charge is 0.282 e. The van der Waals surface area contributed by atoms with Gasteiger partial charge in [-0.05, 0) is 0 Å². The van der Waals surface area contributed by atoms with Crippen LogP contribution >= 0.6 is 0 Å². The Hall–Kier alpha value is -2.40. The molecule has 1 N–H and O–H groups in total. The number of aromatic nitrogens is 3. The van der Waals surface area contributed by atoms with Gasteiger partial charge in [0.25, 0.3) is 5.56 Å². The predicted molar refractivity (Wildman–Crippen MR) is 71.5 cm³/mol. The molecule has 0 saturated carbocycles. The van der Waals surface area contributed by atoms with E-state index >= 15 is 0 Å². The molecule has 0 amide bonds. The number of benzene rings is 1. The topological polar surface area (TPSA) is 60.1 Å². The summed E-state index contributed by atoms with van der Waals surface area (Å²) >= 11 is 0. The average molecular weight is 255 g/mol. The van der Waals surface area contributed by atoms with Gasteiger partial charge in [-0.1, -0.05) is 30.3 Å². The van der Waals surface area contributed by atoms with Crippen LogP contribution in [-0.2, 0) is 6.54 Å². The van der Waals surface area contributed by atoms with E-state index in [-0.39, 0.29) is 12.2 Å². The van der Waals surface area contributed by atoms with Crippen molar-refractivity contribution in [1.29, 1.82) is 0 Å². The number of hydrogen-bond acceptors (Lipinski definition) is 3. The van der Waals surface area contributed by atoms with E-state index in [1.54, 1.807) is 23.2 Å². The van der Waals surface area contributed by atoms with Crippen LogP contribution in [0.1, 0.15) is 0 Å². The summed E-state index contributed by atoms with van der Waals surface area (Å²) in [7, 11) is 0. The van der Waals surface area contributed by atoms with Crippen molar-refractivity contribution < 1.29 is 5.11 Å². The normalized spacial score (nSPS) is 11.0. The van der Waals surface area contributed by atoms with Gasteiger partial charge < -0.3 is 9.67 Å². The van der Waals surface area contributed by atoms with E-state index in [9.17, 15) is 4.79 Å². The summed E-state index contributed by atoms with van der Waals surface area (Å²) in [5.41, 5.74) is 1.13. The lowest BCUT2D eigenvalue weighted by Crippen LogP contribution is -2.15. The Morgan fingerprint density at radius 1 is 1.16 bits per heavy atom. The summed E-state index contributed by atoms with van der Waals surface area (Å²) in [5, 5.41) is 8.92. The molecule has 5 nitrogen and oxygen atoms in total. The number of rotatable bonds is 3. The third-order valence-electron chi connectivity index (χ3n) is 2.99. The molecule has 0 saturated heterocycles. The predicted octanol–water partition coefficient (Wildman–Crippen LogP) is 1.13. The molecule has 0 radical (unpaired) electrons. The summed E-state index contributed by atoms with van der Waals surface area (Å²) in [6, 6.07) is 9.39. The number of aliphatic hydroxyl groups is 1. The second kappa shape index (κ2) is 4.70. The van der Waals surface area contributed by atoms with Gasteiger partial charge in [0.1, 0.15) is 5.69 Å². The summed E-state index contributed by atoms with van der Waals surface area (Å²) in [6.45, 7) is 0.537. The maximum Gasteiger partial charge on any atom is 0.282 e. The van der Waals surface area contributed by atoms with E-state index in [1.807, 2.05) is 30.3 Å². The van der Waals surface area contributed by atoms with Crippen LogP contribution in [0.5, 0.6) is 0 Å². The summed E-state index contributed by atoms with van der Waals surface area (Å²) in [4.78, 5) is 16.6. The molecule has 0 aliphatic carbocycles. The number of hydrogen-bond donors (Lipinski definition) is 1. The lowest BCUT2D eigenvalue weighted by atomic mass is 10.2. The van der Waals surface area contributed by atoms with Crippen molar-refractivity contribution >= 4 is 0 Å². The van der Waals surface area contributed by atoms with Crippen LogP contribution in [0.2, 0.25) is 0 Å². The molecule has 0 unspecified atom stereocenters. The fourth-order valence-electron chi connectivity index (χ4n) is 2.05. The van der Waals surface area contributed by atoms with Crippen molar-refractivity contribution in [2.75, 3.05) is 6.61 Å². The Balaban J connectivity index is 2.16. The number of aliphatic hydroxyl groups excluding tert-OH is 1. The van der Waals surface area contributed by atoms with E-state index in [0.29, 0.717) is 18.1 Å². The third kappa shape index (κ3) is 2.04. The quantitative estimate of drug-likeness (QED) is 0.763. The van der Waals surface area contributed by atoms with Crippen LogP contribution < -0.4 is 5.56 Å². The van der Waals surface area contributed by atoms with Gasteiger partial charge in [0.15, 0.2) is 5.82 Å². The van der Waals surface area contributed by atoms with E-state index in [1.165, 1.54) is 4.57 Å². The minimum Gasteiger partial charge on any atom is -0.395 e. The zero-order valence-electron chi connectivity index (χ0n) is 10.2. The fraction of sp³-hybridized carbons (Fsp3) is 0.143. The minimum atomic E-state index is -0.127. The Morgan fingerprint density at radius 3 is 2.68 bits per heavy atom. The van der Waals surface area contributed by atoms with Crippen LogP contribution in [0.25, 0.3) is 17.1 Å². The van der Waals surface area contributed by atoms with Gasteiger partial charge in [0.05, 0.1) is 6.61 Å². The van der Waals surface area contributed by atoms with Gasteiger partial charge >= 0.3 is 0 Å². The molecular formula is C14H13N3O2. The molecule has 5 heteroatoms. The van der Waals surface area contributed by atoms with Gasteiger partial charge in [-0.2, -0.15) is 0 Å². The monoisotopic (exact) mass is 255 g/mol. The van der Waals surface area contributed by atoms with Crippen molar-refractivity contribution in [1.82, 2.24) is 14.1 Å². The number of imidazole rings is 1. The summed E-state index contributed by atoms with van der Waals surface area (Å²) in [5.74, 6) is 0.583. The molecule has 0 aromatic heterocycles. The van der Waals surface area contributed by atoms with Gasteiger partial charge in [-0.15, -0.1) is 0 Å². The maximum absolute atomic E-state index is 12.2. The van der Waals surface area contributed by atoms with Gasteiger partial charge in [0, 0.05) is 30.7 Å². The standard InChI is InChI=1S/C14H13N3O2/c18-9-8-16-6-7-17-12(10-16)15-13(14(17)19)11-4-2-1-3-5-11/h1-7,10,18H,8-9H2. The first-order chi connectivity index (χ1) is 9.29. The van der Waals surface area contributed by atoms with E-state index in [0.717, 1.165) is 5.56 Å². The Kier molecular flexibility index (Phi) is 2.89. The third-order valence-corrected chi connectivity index (χ3v) is 2.99. The second-order valence-electron chi connectivity index (χ2n) is 4.25. The van der Waals surface area contributed by atoms with Crippen molar-refractivity contribution in [3.05, 3.63) is 59.3 Å². The van der Waals surface area contributed by atoms with Crippen molar-refractivity contribution in [3.63, 3.8) is 0 Å². The summed E-state index contributed by atoms with van der Waals surface area (Å²) in [6.07, 6.45) is 5.18. The highest BCUT2D eigenvalue weighted by Gasteiger charge is 2.15. The van der Waals surface area contributed by atoms with E-state index in [4.69, 9.17) is 5.11 Å². The van der Waals surface area contributed by atoms with Gasteiger partial charge in [0.2, 0.25) is 0 Å². The fourth-order valence-corrected chi connectivity index (χ4v) is 2.05. The van der Waals surface area contributed by atoms with Crippen LogP contribution in [-0.4, -0.2) is 25.8 Å². The molecule has 0 fully saturated rings. The maximum atomic E-state index is 12.2. The zero-order valence-corrected chi connectivity index (χ0v) is 10.2. The van der Waals surface area contributed by atoms with Gasteiger partial charge in [-0.25, -0.2) is 4.98 Å². The van der Waals surface area contributed by atoms with Crippen LogP contribution in [0.3, 0.4) is 0 Å². The van der Waals surface area contributed by atoms with Crippen LogP contribution in [0.15, 0.2) is 53.7 Å². The molecule has 2 aliphatic heterocycles. The molecular weight excluding hydrogens is 242 g/mol. The number of nitrogens with zero attached hydrogens (tertiary/aromatic N) is 3. The minimum absolute atomic E-state index is 0.0529. The second-order valence-corrected chi connectivity index (χ2v) is 4.25. The molecule has 1 aromatic carbocycles. The van der Waals surface area contributed by atoms with Crippen molar-refractivity contribution in [2.45, 2.75) is 6.54 Å². The molecule has 0 bridgehead atoms. The average Bonchev–Trinajstić information content (AvgIpc) is 2.77. The lowest BCUT2D eigenvalue weighted by Gasteiger charge is -2.06. The Labute approximate surface area is 109 Å². The molecule has 2 heterocycles. The molecule has 1 aromatic rings. The Morgan fingerprint density at radius 2 is 1.95 bits per heavy atom. The molecule has 3 rings (SSSR count). The molecule has 0 atom stereocenters. The number of fused-ring (bicyclic) bond motifs is 1. The van der Waals surface area contributed by atoms with Crippen LogP contribution in [0, 0.1) is 0 Å². The first-order valence-corrected chi connectivity index (χ1v) is 6.04. The highest BCUT2D eigenvalue weighted by atomic mass is 16.3. The first kappa shape index (κ1) is 11.7. The van der Waals surface area contributed by atoms with E-state index in [2.05, 4.69) is 4.98 Å². The van der Waals surface area contributed by atoms with Crippen LogP contribution in [0.4, 0.5) is 0 Å². The first-order valence-electron chi connectivity index (χ1n) is 6.04. The SMILES string of the molecule is O=c1c(-c2ccccc2)nc2cn(CCO)ccn1-2. The highest BCUT2D eigenvalue weighted by molar-refractivity contribution is 5.60. The zero-order chi connectivity index (χ0) is 13.2. The Bertz CT molecular complexity index is 715. The molecule has 0 spiro atoms. The largest absolute Gasteiger partial charge is 0.395 e. The summed E-state index contributed by atoms with van der Waals surface area (Å²) < 4.78 is 3.31. The highest BCUT2D eigenvalue weighted by Crippen LogP contribution is 2.16. The van der Waals surface area contributed by atoms with Crippen molar-refractivity contribution in [2.24, 2.45) is 0 Å². The molecule has 19 heavy (non-hydrogen) atoms. The van der Waals surface area contributed by atoms with E-state index < -0.39 is 0 Å². The van der Waals surface area contributed by atoms with Gasteiger partial charge in [-0.3, -0.25) is 9.36 Å². The molecule has 2 aliphatic rings. The lowest BCUT2D eigenvalue weighted by molar-refractivity contribution is 0.275. The van der Waals surface area contributed by atoms with Crippen molar-refractivity contribution in [3.8, 4) is 17.1 Å². The molecule has 96 valence electrons.